The van der Waals surface area contributed by atoms with E-state index < -0.39 is 22.7 Å². The molecule has 1 aliphatic rings. The van der Waals surface area contributed by atoms with E-state index in [1.165, 1.54) is 4.31 Å². The van der Waals surface area contributed by atoms with Crippen molar-refractivity contribution in [2.45, 2.75) is 32.2 Å². The van der Waals surface area contributed by atoms with Gasteiger partial charge in [0.05, 0.1) is 0 Å². The van der Waals surface area contributed by atoms with Crippen LogP contribution in [0.5, 0.6) is 0 Å². The van der Waals surface area contributed by atoms with E-state index in [0.717, 1.165) is 19.3 Å². The van der Waals surface area contributed by atoms with Gasteiger partial charge < -0.3 is 5.11 Å². The van der Waals surface area contributed by atoms with Crippen molar-refractivity contribution in [3.05, 3.63) is 0 Å². The van der Waals surface area contributed by atoms with E-state index in [-0.39, 0.29) is 6.04 Å². The summed E-state index contributed by atoms with van der Waals surface area (Å²) in [6, 6.07) is -0.0509. The maximum atomic E-state index is 11.7. The number of rotatable bonds is 4. The summed E-state index contributed by atoms with van der Waals surface area (Å²) in [5, 5.41) is 8.40. The van der Waals surface area contributed by atoms with Gasteiger partial charge in [-0.15, -0.1) is 0 Å². The second-order valence-corrected chi connectivity index (χ2v) is 5.38. The lowest BCUT2D eigenvalue weighted by atomic mass is 10.1. The van der Waals surface area contributed by atoms with Crippen LogP contribution in [-0.4, -0.2) is 42.9 Å². The van der Waals surface area contributed by atoms with Crippen LogP contribution in [0.2, 0.25) is 0 Å². The van der Waals surface area contributed by atoms with Crippen LogP contribution in [0.1, 0.15) is 26.2 Å². The van der Waals surface area contributed by atoms with Crippen LogP contribution >= 0.6 is 0 Å². The molecule has 0 amide bonds. The van der Waals surface area contributed by atoms with Gasteiger partial charge in [0.1, 0.15) is 6.54 Å². The molecule has 1 heterocycles. The molecule has 0 aromatic carbocycles. The van der Waals surface area contributed by atoms with Gasteiger partial charge in [0.25, 0.3) is 10.2 Å². The average Bonchev–Trinajstić information content (AvgIpc) is 2.15. The summed E-state index contributed by atoms with van der Waals surface area (Å²) in [5.74, 6) is -1.18. The Labute approximate surface area is 89.4 Å². The molecule has 1 aliphatic heterocycles. The molecular weight excluding hydrogens is 220 g/mol. The van der Waals surface area contributed by atoms with E-state index in [4.69, 9.17) is 5.11 Å². The highest BCUT2D eigenvalue weighted by molar-refractivity contribution is 7.87. The zero-order valence-electron chi connectivity index (χ0n) is 8.64. The normalized spacial score (nSPS) is 23.9. The molecule has 1 unspecified atom stereocenters. The van der Waals surface area contributed by atoms with Gasteiger partial charge in [-0.2, -0.15) is 17.4 Å². The molecule has 15 heavy (non-hydrogen) atoms. The molecule has 1 fully saturated rings. The van der Waals surface area contributed by atoms with E-state index >= 15 is 0 Å². The molecule has 0 aromatic heterocycles. The molecular formula is C8H16N2O4S. The molecule has 0 saturated carbocycles. The number of hydrogen-bond donors (Lipinski definition) is 2. The third kappa shape index (κ3) is 3.44. The predicted molar refractivity (Wildman–Crippen MR) is 54.6 cm³/mol. The van der Waals surface area contributed by atoms with Crippen molar-refractivity contribution in [3.8, 4) is 0 Å². The fourth-order valence-corrected chi connectivity index (χ4v) is 3.09. The second-order valence-electron chi connectivity index (χ2n) is 3.68. The van der Waals surface area contributed by atoms with Crippen molar-refractivity contribution >= 4 is 16.2 Å². The topological polar surface area (TPSA) is 86.7 Å². The fourth-order valence-electron chi connectivity index (χ4n) is 1.66. The minimum absolute atomic E-state index is 0.0509. The minimum Gasteiger partial charge on any atom is -0.480 e. The van der Waals surface area contributed by atoms with Crippen LogP contribution < -0.4 is 4.72 Å². The molecule has 0 radical (unpaired) electrons. The molecule has 0 bridgehead atoms. The lowest BCUT2D eigenvalue weighted by molar-refractivity contribution is -0.135. The Balaban J connectivity index is 2.63. The van der Waals surface area contributed by atoms with Gasteiger partial charge in [0, 0.05) is 12.6 Å². The highest BCUT2D eigenvalue weighted by Gasteiger charge is 2.29. The van der Waals surface area contributed by atoms with Crippen LogP contribution in [0.25, 0.3) is 0 Å². The molecule has 1 rings (SSSR count). The molecule has 0 aliphatic carbocycles. The number of aliphatic carboxylic acids is 1. The second kappa shape index (κ2) is 4.91. The van der Waals surface area contributed by atoms with Crippen molar-refractivity contribution in [1.82, 2.24) is 9.03 Å². The van der Waals surface area contributed by atoms with Crippen molar-refractivity contribution in [2.75, 3.05) is 13.1 Å². The van der Waals surface area contributed by atoms with E-state index in [9.17, 15) is 13.2 Å². The summed E-state index contributed by atoms with van der Waals surface area (Å²) in [4.78, 5) is 10.3. The SMILES string of the molecule is CC1CCCCN1S(=O)(=O)NCC(=O)O. The Bertz CT molecular complexity index is 328. The summed E-state index contributed by atoms with van der Waals surface area (Å²) in [6.07, 6.45) is 2.68. The maximum Gasteiger partial charge on any atom is 0.318 e. The number of carbonyl (C=O) groups is 1. The zero-order chi connectivity index (χ0) is 11.5. The number of nitrogens with one attached hydrogen (secondary N) is 1. The smallest absolute Gasteiger partial charge is 0.318 e. The van der Waals surface area contributed by atoms with Gasteiger partial charge in [-0.3, -0.25) is 4.79 Å². The first-order chi connectivity index (χ1) is 6.93. The first-order valence-electron chi connectivity index (χ1n) is 4.91. The summed E-state index contributed by atoms with van der Waals surface area (Å²) < 4.78 is 26.7. The van der Waals surface area contributed by atoms with Crippen molar-refractivity contribution in [2.24, 2.45) is 0 Å². The number of piperidine rings is 1. The van der Waals surface area contributed by atoms with Crippen LogP contribution in [-0.2, 0) is 15.0 Å². The van der Waals surface area contributed by atoms with Gasteiger partial charge in [0.15, 0.2) is 0 Å². The number of carboxylic acids is 1. The van der Waals surface area contributed by atoms with E-state index in [0.29, 0.717) is 6.54 Å². The van der Waals surface area contributed by atoms with Gasteiger partial charge in [-0.1, -0.05) is 6.42 Å². The summed E-state index contributed by atoms with van der Waals surface area (Å²) >= 11 is 0. The molecule has 7 heteroatoms. The van der Waals surface area contributed by atoms with E-state index in [2.05, 4.69) is 4.72 Å². The van der Waals surface area contributed by atoms with E-state index in [1.807, 2.05) is 6.92 Å². The molecule has 6 nitrogen and oxygen atoms in total. The summed E-state index contributed by atoms with van der Waals surface area (Å²) in [7, 11) is -3.63. The van der Waals surface area contributed by atoms with Crippen LogP contribution in [0.15, 0.2) is 0 Å². The lowest BCUT2D eigenvalue weighted by Crippen LogP contribution is -2.48. The quantitative estimate of drug-likeness (QED) is 0.706. The molecule has 0 aromatic rings. The summed E-state index contributed by atoms with van der Waals surface area (Å²) in [6.45, 7) is 1.74. The van der Waals surface area contributed by atoms with Crippen molar-refractivity contribution in [1.29, 1.82) is 0 Å². The molecule has 1 atom stereocenters. The number of nitrogens with zero attached hydrogens (tertiary/aromatic N) is 1. The first-order valence-corrected chi connectivity index (χ1v) is 6.35. The van der Waals surface area contributed by atoms with Gasteiger partial charge in [0.2, 0.25) is 0 Å². The first kappa shape index (κ1) is 12.4. The maximum absolute atomic E-state index is 11.7. The standard InChI is InChI=1S/C8H16N2O4S/c1-7-4-2-3-5-10(7)15(13,14)9-6-8(11)12/h7,9H,2-6H2,1H3,(H,11,12). The largest absolute Gasteiger partial charge is 0.480 e. The summed E-state index contributed by atoms with van der Waals surface area (Å²) in [5.41, 5.74) is 0. The molecule has 88 valence electrons. The van der Waals surface area contributed by atoms with Crippen LogP contribution in [0, 0.1) is 0 Å². The highest BCUT2D eigenvalue weighted by Crippen LogP contribution is 2.18. The number of hydrogen-bond acceptors (Lipinski definition) is 3. The third-order valence-corrected chi connectivity index (χ3v) is 4.13. The average molecular weight is 236 g/mol. The Kier molecular flexibility index (Phi) is 4.06. The predicted octanol–water partition coefficient (Wildman–Crippen LogP) is -0.220. The minimum atomic E-state index is -3.63. The van der Waals surface area contributed by atoms with Crippen LogP contribution in [0.4, 0.5) is 0 Å². The third-order valence-electron chi connectivity index (χ3n) is 2.46. The Hall–Kier alpha value is -0.660. The fraction of sp³-hybridized carbons (Fsp3) is 0.875. The Morgan fingerprint density at radius 3 is 2.73 bits per heavy atom. The highest BCUT2D eigenvalue weighted by atomic mass is 32.2. The Morgan fingerprint density at radius 2 is 2.20 bits per heavy atom. The Morgan fingerprint density at radius 1 is 1.53 bits per heavy atom. The van der Waals surface area contributed by atoms with Gasteiger partial charge >= 0.3 is 5.97 Å². The monoisotopic (exact) mass is 236 g/mol. The molecule has 0 spiro atoms. The zero-order valence-corrected chi connectivity index (χ0v) is 9.46. The van der Waals surface area contributed by atoms with Crippen molar-refractivity contribution < 1.29 is 18.3 Å². The van der Waals surface area contributed by atoms with Crippen molar-refractivity contribution in [3.63, 3.8) is 0 Å². The number of carboxylic acid groups (broad SMARTS) is 1. The van der Waals surface area contributed by atoms with E-state index in [1.54, 1.807) is 0 Å². The van der Waals surface area contributed by atoms with Gasteiger partial charge in [-0.25, -0.2) is 0 Å². The lowest BCUT2D eigenvalue weighted by Gasteiger charge is -2.31. The molecule has 2 N–H and O–H groups in total. The van der Waals surface area contributed by atoms with Crippen LogP contribution in [0.3, 0.4) is 0 Å². The molecule has 1 saturated heterocycles. The van der Waals surface area contributed by atoms with Gasteiger partial charge in [-0.05, 0) is 19.8 Å².